The van der Waals surface area contributed by atoms with Gasteiger partial charge in [0.25, 0.3) is 10.0 Å². The van der Waals surface area contributed by atoms with Crippen LogP contribution in [0.4, 0.5) is 5.69 Å². The molecule has 1 aliphatic heterocycles. The molecule has 0 saturated heterocycles. The monoisotopic (exact) mass is 384 g/mol. The van der Waals surface area contributed by atoms with Crippen LogP contribution < -0.4 is 9.62 Å². The molecule has 1 N–H and O–H groups in total. The first-order valence-electron chi connectivity index (χ1n) is 9.56. The van der Waals surface area contributed by atoms with Gasteiger partial charge < -0.3 is 5.32 Å². The highest BCUT2D eigenvalue weighted by molar-refractivity contribution is 7.93. The fourth-order valence-electron chi connectivity index (χ4n) is 3.95. The van der Waals surface area contributed by atoms with E-state index < -0.39 is 10.0 Å². The molecule has 0 radical (unpaired) electrons. The van der Waals surface area contributed by atoms with Crippen molar-refractivity contribution in [2.75, 3.05) is 17.4 Å². The lowest BCUT2D eigenvalue weighted by Gasteiger charge is -2.18. The number of benzene rings is 2. The second kappa shape index (κ2) is 7.35. The number of rotatable bonds is 6. The Balaban J connectivity index is 1.38. The first-order chi connectivity index (χ1) is 13.1. The van der Waals surface area contributed by atoms with Crippen molar-refractivity contribution < 1.29 is 13.2 Å². The van der Waals surface area contributed by atoms with Gasteiger partial charge in [0.15, 0.2) is 0 Å². The molecule has 0 atom stereocenters. The van der Waals surface area contributed by atoms with Crippen LogP contribution in [0.25, 0.3) is 10.8 Å². The van der Waals surface area contributed by atoms with Crippen LogP contribution in [0.2, 0.25) is 0 Å². The van der Waals surface area contributed by atoms with E-state index in [2.05, 4.69) is 11.4 Å². The zero-order chi connectivity index (χ0) is 18.9. The van der Waals surface area contributed by atoms with Crippen molar-refractivity contribution in [2.45, 2.75) is 43.4 Å². The van der Waals surface area contributed by atoms with E-state index in [1.54, 1.807) is 12.1 Å². The van der Waals surface area contributed by atoms with E-state index in [0.717, 1.165) is 29.3 Å². The summed E-state index contributed by atoms with van der Waals surface area (Å²) in [4.78, 5) is 12.5. The van der Waals surface area contributed by atoms with Crippen LogP contribution >= 0.6 is 0 Å². The summed E-state index contributed by atoms with van der Waals surface area (Å²) in [6.07, 6.45) is 7.63. The van der Waals surface area contributed by atoms with Crippen molar-refractivity contribution >= 4 is 32.4 Å². The average molecular weight is 385 g/mol. The van der Waals surface area contributed by atoms with E-state index in [-0.39, 0.29) is 5.91 Å². The highest BCUT2D eigenvalue weighted by Crippen LogP contribution is 2.41. The van der Waals surface area contributed by atoms with Crippen LogP contribution in [0.1, 0.15) is 38.5 Å². The summed E-state index contributed by atoms with van der Waals surface area (Å²) in [7, 11) is -3.53. The molecule has 0 saturated carbocycles. The number of anilines is 1. The summed E-state index contributed by atoms with van der Waals surface area (Å²) in [5.41, 5.74) is 2.02. The number of hydrogen-bond acceptors (Lipinski definition) is 3. The Bertz CT molecular complexity index is 1010. The van der Waals surface area contributed by atoms with Gasteiger partial charge in [-0.05, 0) is 49.6 Å². The van der Waals surface area contributed by atoms with Crippen molar-refractivity contribution in [3.05, 3.63) is 48.0 Å². The zero-order valence-electron chi connectivity index (χ0n) is 15.3. The fourth-order valence-corrected chi connectivity index (χ4v) is 5.70. The Morgan fingerprint density at radius 2 is 1.93 bits per heavy atom. The molecule has 142 valence electrons. The molecule has 2 aliphatic rings. The molecule has 0 fully saturated rings. The largest absolute Gasteiger partial charge is 0.352 e. The number of carbonyl (C=O) groups is 1. The maximum Gasteiger partial charge on any atom is 0.265 e. The minimum absolute atomic E-state index is 0.0196. The maximum absolute atomic E-state index is 12.9. The van der Waals surface area contributed by atoms with Crippen molar-refractivity contribution in [3.8, 4) is 0 Å². The topological polar surface area (TPSA) is 66.5 Å². The molecule has 1 heterocycles. The van der Waals surface area contributed by atoms with Gasteiger partial charge in [0.2, 0.25) is 5.91 Å². The molecular formula is C21H24N2O3S. The molecule has 2 aromatic carbocycles. The molecule has 6 heteroatoms. The van der Waals surface area contributed by atoms with Gasteiger partial charge in [-0.25, -0.2) is 8.42 Å². The van der Waals surface area contributed by atoms with Gasteiger partial charge in [0.05, 0.1) is 10.6 Å². The van der Waals surface area contributed by atoms with Gasteiger partial charge in [-0.15, -0.1) is 0 Å². The summed E-state index contributed by atoms with van der Waals surface area (Å²) in [6, 6.07) is 11.0. The molecule has 0 spiro atoms. The van der Waals surface area contributed by atoms with E-state index in [1.165, 1.54) is 22.7 Å². The van der Waals surface area contributed by atoms with Crippen molar-refractivity contribution in [3.63, 3.8) is 0 Å². The van der Waals surface area contributed by atoms with E-state index in [0.29, 0.717) is 30.8 Å². The highest BCUT2D eigenvalue weighted by atomic mass is 32.2. The van der Waals surface area contributed by atoms with Crippen molar-refractivity contribution in [2.24, 2.45) is 0 Å². The van der Waals surface area contributed by atoms with Gasteiger partial charge in [-0.1, -0.05) is 35.9 Å². The Kier molecular flexibility index (Phi) is 4.91. The van der Waals surface area contributed by atoms with Crippen LogP contribution in [-0.2, 0) is 14.8 Å². The van der Waals surface area contributed by atoms with Gasteiger partial charge in [0.1, 0.15) is 0 Å². The van der Waals surface area contributed by atoms with E-state index in [1.807, 2.05) is 24.3 Å². The molecule has 0 aromatic heterocycles. The lowest BCUT2D eigenvalue weighted by atomic mass is 10.00. The molecule has 0 bridgehead atoms. The fraction of sp³-hybridized carbons (Fsp3) is 0.381. The number of sulfonamides is 1. The number of allylic oxidation sites excluding steroid dienone is 1. The number of amides is 1. The van der Waals surface area contributed by atoms with Gasteiger partial charge in [-0.2, -0.15) is 0 Å². The SMILES string of the molecule is O=C(CCCN1c2cccc3cccc(c23)S1(=O)=O)NCC1=CCCCC1. The first kappa shape index (κ1) is 18.0. The second-order valence-electron chi connectivity index (χ2n) is 7.20. The minimum atomic E-state index is -3.53. The van der Waals surface area contributed by atoms with Crippen LogP contribution in [-0.4, -0.2) is 27.4 Å². The molecule has 2 aromatic rings. The Hall–Kier alpha value is -2.34. The normalized spacial score (nSPS) is 17.8. The third-order valence-corrected chi connectivity index (χ3v) is 7.20. The Morgan fingerprint density at radius 1 is 1.11 bits per heavy atom. The Morgan fingerprint density at radius 3 is 2.70 bits per heavy atom. The molecule has 4 rings (SSSR count). The maximum atomic E-state index is 12.9. The predicted octanol–water partition coefficient (Wildman–Crippen LogP) is 3.75. The summed E-state index contributed by atoms with van der Waals surface area (Å²) in [6.45, 7) is 0.928. The van der Waals surface area contributed by atoms with Gasteiger partial charge in [-0.3, -0.25) is 9.10 Å². The second-order valence-corrected chi connectivity index (χ2v) is 9.03. The predicted molar refractivity (Wildman–Crippen MR) is 107 cm³/mol. The first-order valence-corrected chi connectivity index (χ1v) is 11.0. The Labute approximate surface area is 160 Å². The number of carbonyl (C=O) groups excluding carboxylic acids is 1. The van der Waals surface area contributed by atoms with Crippen LogP contribution in [0.5, 0.6) is 0 Å². The highest BCUT2D eigenvalue weighted by Gasteiger charge is 2.34. The summed E-state index contributed by atoms with van der Waals surface area (Å²) >= 11 is 0. The van der Waals surface area contributed by atoms with E-state index >= 15 is 0 Å². The third kappa shape index (κ3) is 3.46. The lowest BCUT2D eigenvalue weighted by Crippen LogP contribution is -2.30. The van der Waals surface area contributed by atoms with Crippen LogP contribution in [0.15, 0.2) is 52.9 Å². The molecular weight excluding hydrogens is 360 g/mol. The summed E-state index contributed by atoms with van der Waals surface area (Å²) in [5.74, 6) is -0.0196. The van der Waals surface area contributed by atoms with Crippen molar-refractivity contribution in [1.82, 2.24) is 5.32 Å². The number of nitrogens with one attached hydrogen (secondary N) is 1. The molecule has 0 unspecified atom stereocenters. The number of hydrogen-bond donors (Lipinski definition) is 1. The average Bonchev–Trinajstić information content (AvgIpc) is 2.90. The zero-order valence-corrected chi connectivity index (χ0v) is 16.1. The van der Waals surface area contributed by atoms with Gasteiger partial charge >= 0.3 is 0 Å². The molecule has 1 amide bonds. The molecule has 5 nitrogen and oxygen atoms in total. The van der Waals surface area contributed by atoms with E-state index in [4.69, 9.17) is 0 Å². The van der Waals surface area contributed by atoms with E-state index in [9.17, 15) is 13.2 Å². The summed E-state index contributed by atoms with van der Waals surface area (Å²) < 4.78 is 27.2. The quantitative estimate of drug-likeness (QED) is 0.772. The molecule has 27 heavy (non-hydrogen) atoms. The standard InChI is InChI=1S/C21H24N2O3S/c24-20(22-15-16-7-2-1-3-8-16)13-6-14-23-18-11-4-9-17-10-5-12-19(21(17)18)27(23,25)26/h4-5,7,9-12H,1-3,6,8,13-15H2,(H,22,24). The van der Waals surface area contributed by atoms with Crippen LogP contribution in [0, 0.1) is 0 Å². The lowest BCUT2D eigenvalue weighted by molar-refractivity contribution is -0.120. The minimum Gasteiger partial charge on any atom is -0.352 e. The smallest absolute Gasteiger partial charge is 0.265 e. The summed E-state index contributed by atoms with van der Waals surface area (Å²) in [5, 5.41) is 4.67. The third-order valence-electron chi connectivity index (χ3n) is 5.34. The molecule has 1 aliphatic carbocycles. The number of nitrogens with zero attached hydrogens (tertiary/aromatic N) is 1. The van der Waals surface area contributed by atoms with Crippen molar-refractivity contribution in [1.29, 1.82) is 0 Å². The van der Waals surface area contributed by atoms with Crippen LogP contribution in [0.3, 0.4) is 0 Å². The van der Waals surface area contributed by atoms with Gasteiger partial charge in [0, 0.05) is 24.9 Å².